The Bertz CT molecular complexity index is 616. The van der Waals surface area contributed by atoms with Crippen molar-refractivity contribution in [2.45, 2.75) is 20.0 Å². The standard InChI is InChI=1S/C16H14Br2O2/c1-10(2)20-15-6-4-3-5-14(15)16(19)11-7-12(17)9-13(18)8-11/h3-10H,1-2H3. The highest BCUT2D eigenvalue weighted by Gasteiger charge is 2.16. The van der Waals surface area contributed by atoms with E-state index in [0.29, 0.717) is 16.9 Å². The van der Waals surface area contributed by atoms with Crippen LogP contribution in [0.5, 0.6) is 5.75 Å². The molecule has 4 heteroatoms. The van der Waals surface area contributed by atoms with Crippen LogP contribution >= 0.6 is 31.9 Å². The maximum atomic E-state index is 12.6. The van der Waals surface area contributed by atoms with Crippen molar-refractivity contribution < 1.29 is 9.53 Å². The van der Waals surface area contributed by atoms with E-state index in [1.165, 1.54) is 0 Å². The highest BCUT2D eigenvalue weighted by molar-refractivity contribution is 9.11. The number of ether oxygens (including phenoxy) is 1. The second kappa shape index (κ2) is 6.55. The van der Waals surface area contributed by atoms with Crippen molar-refractivity contribution in [3.63, 3.8) is 0 Å². The summed E-state index contributed by atoms with van der Waals surface area (Å²) < 4.78 is 7.42. The second-order valence-electron chi connectivity index (χ2n) is 4.65. The van der Waals surface area contributed by atoms with Gasteiger partial charge in [-0.1, -0.05) is 44.0 Å². The van der Waals surface area contributed by atoms with Crippen LogP contribution in [0.3, 0.4) is 0 Å². The molecule has 20 heavy (non-hydrogen) atoms. The summed E-state index contributed by atoms with van der Waals surface area (Å²) in [5, 5.41) is 0. The normalized spacial score (nSPS) is 10.7. The fraction of sp³-hybridized carbons (Fsp3) is 0.188. The molecule has 0 aliphatic carbocycles. The lowest BCUT2D eigenvalue weighted by molar-refractivity contribution is 0.103. The lowest BCUT2D eigenvalue weighted by atomic mass is 10.0. The molecular weight excluding hydrogens is 384 g/mol. The third-order valence-electron chi connectivity index (χ3n) is 2.62. The first kappa shape index (κ1) is 15.3. The van der Waals surface area contributed by atoms with Crippen molar-refractivity contribution in [1.29, 1.82) is 0 Å². The van der Waals surface area contributed by atoms with Gasteiger partial charge in [0.15, 0.2) is 5.78 Å². The highest BCUT2D eigenvalue weighted by atomic mass is 79.9. The van der Waals surface area contributed by atoms with Gasteiger partial charge in [0.1, 0.15) is 5.75 Å². The molecule has 0 radical (unpaired) electrons. The van der Waals surface area contributed by atoms with Crippen LogP contribution in [-0.4, -0.2) is 11.9 Å². The van der Waals surface area contributed by atoms with Crippen LogP contribution in [0.1, 0.15) is 29.8 Å². The number of hydrogen-bond acceptors (Lipinski definition) is 2. The fourth-order valence-electron chi connectivity index (χ4n) is 1.85. The molecule has 0 N–H and O–H groups in total. The predicted octanol–water partition coefficient (Wildman–Crippen LogP) is 5.23. The maximum Gasteiger partial charge on any atom is 0.196 e. The number of hydrogen-bond donors (Lipinski definition) is 0. The average molecular weight is 398 g/mol. The van der Waals surface area contributed by atoms with Gasteiger partial charge < -0.3 is 4.74 Å². The van der Waals surface area contributed by atoms with E-state index >= 15 is 0 Å². The quantitative estimate of drug-likeness (QED) is 0.660. The summed E-state index contributed by atoms with van der Waals surface area (Å²) in [6.07, 6.45) is 0.0261. The molecule has 0 bridgehead atoms. The van der Waals surface area contributed by atoms with Gasteiger partial charge in [0.25, 0.3) is 0 Å². The van der Waals surface area contributed by atoms with E-state index in [2.05, 4.69) is 31.9 Å². The van der Waals surface area contributed by atoms with Crippen LogP contribution in [0.2, 0.25) is 0 Å². The Kier molecular flexibility index (Phi) is 5.00. The first-order valence-corrected chi connectivity index (χ1v) is 7.82. The lowest BCUT2D eigenvalue weighted by Crippen LogP contribution is -2.10. The SMILES string of the molecule is CC(C)Oc1ccccc1C(=O)c1cc(Br)cc(Br)c1. The van der Waals surface area contributed by atoms with Crippen LogP contribution in [0, 0.1) is 0 Å². The van der Waals surface area contributed by atoms with Crippen molar-refractivity contribution in [2.75, 3.05) is 0 Å². The van der Waals surface area contributed by atoms with Crippen molar-refractivity contribution in [2.24, 2.45) is 0 Å². The Balaban J connectivity index is 2.42. The van der Waals surface area contributed by atoms with Gasteiger partial charge in [-0.2, -0.15) is 0 Å². The monoisotopic (exact) mass is 396 g/mol. The average Bonchev–Trinajstić information content (AvgIpc) is 2.36. The Hall–Kier alpha value is -1.13. The molecule has 0 unspecified atom stereocenters. The number of halogens is 2. The Morgan fingerprint density at radius 3 is 2.25 bits per heavy atom. The molecule has 2 rings (SSSR count). The van der Waals surface area contributed by atoms with Gasteiger partial charge in [0.05, 0.1) is 11.7 Å². The first-order valence-electron chi connectivity index (χ1n) is 6.24. The molecule has 0 saturated heterocycles. The molecule has 104 valence electrons. The number of rotatable bonds is 4. The molecule has 0 heterocycles. The zero-order valence-corrected chi connectivity index (χ0v) is 14.4. The van der Waals surface area contributed by atoms with Crippen LogP contribution in [0.4, 0.5) is 0 Å². The number of carbonyl (C=O) groups is 1. The van der Waals surface area contributed by atoms with Crippen molar-refractivity contribution in [1.82, 2.24) is 0 Å². The second-order valence-corrected chi connectivity index (χ2v) is 6.48. The van der Waals surface area contributed by atoms with E-state index < -0.39 is 0 Å². The van der Waals surface area contributed by atoms with E-state index in [4.69, 9.17) is 4.74 Å². The summed E-state index contributed by atoms with van der Waals surface area (Å²) in [6, 6.07) is 12.8. The van der Waals surface area contributed by atoms with Crippen LogP contribution in [-0.2, 0) is 0 Å². The van der Waals surface area contributed by atoms with Crippen LogP contribution in [0.25, 0.3) is 0 Å². The van der Waals surface area contributed by atoms with Crippen LogP contribution in [0.15, 0.2) is 51.4 Å². The Morgan fingerprint density at radius 1 is 1.05 bits per heavy atom. The third-order valence-corrected chi connectivity index (χ3v) is 3.53. The minimum atomic E-state index is -0.0525. The van der Waals surface area contributed by atoms with Crippen LogP contribution < -0.4 is 4.74 Å². The molecule has 0 spiro atoms. The van der Waals surface area contributed by atoms with Gasteiger partial charge in [0, 0.05) is 14.5 Å². The molecule has 0 aromatic heterocycles. The number of ketones is 1. The number of para-hydroxylation sites is 1. The van der Waals surface area contributed by atoms with E-state index in [1.54, 1.807) is 18.2 Å². The van der Waals surface area contributed by atoms with Crippen molar-refractivity contribution in [3.05, 3.63) is 62.5 Å². The van der Waals surface area contributed by atoms with E-state index in [0.717, 1.165) is 8.95 Å². The largest absolute Gasteiger partial charge is 0.490 e. The maximum absolute atomic E-state index is 12.6. The van der Waals surface area contributed by atoms with Gasteiger partial charge in [-0.15, -0.1) is 0 Å². The molecule has 0 saturated carbocycles. The minimum absolute atomic E-state index is 0.0261. The summed E-state index contributed by atoms with van der Waals surface area (Å²) in [4.78, 5) is 12.6. The summed E-state index contributed by atoms with van der Waals surface area (Å²) >= 11 is 6.80. The lowest BCUT2D eigenvalue weighted by Gasteiger charge is -2.13. The van der Waals surface area contributed by atoms with Gasteiger partial charge >= 0.3 is 0 Å². The first-order chi connectivity index (χ1) is 9.47. The molecular formula is C16H14Br2O2. The summed E-state index contributed by atoms with van der Waals surface area (Å²) in [5.41, 5.74) is 1.19. The molecule has 0 aliphatic rings. The Morgan fingerprint density at radius 2 is 1.65 bits per heavy atom. The minimum Gasteiger partial charge on any atom is -0.490 e. The molecule has 0 aliphatic heterocycles. The summed E-state index contributed by atoms with van der Waals surface area (Å²) in [5.74, 6) is 0.562. The third kappa shape index (κ3) is 3.70. The smallest absolute Gasteiger partial charge is 0.196 e. The fourth-order valence-corrected chi connectivity index (χ4v) is 3.15. The van der Waals surface area contributed by atoms with Crippen molar-refractivity contribution >= 4 is 37.6 Å². The molecule has 2 aromatic rings. The predicted molar refractivity (Wildman–Crippen MR) is 87.5 cm³/mol. The van der Waals surface area contributed by atoms with Gasteiger partial charge in [-0.05, 0) is 44.2 Å². The molecule has 0 atom stereocenters. The molecule has 0 fully saturated rings. The van der Waals surface area contributed by atoms with Gasteiger partial charge in [-0.25, -0.2) is 0 Å². The zero-order chi connectivity index (χ0) is 14.7. The molecule has 0 amide bonds. The highest BCUT2D eigenvalue weighted by Crippen LogP contribution is 2.26. The Labute approximate surface area is 135 Å². The molecule has 2 aromatic carbocycles. The summed E-state index contributed by atoms with van der Waals surface area (Å²) in [6.45, 7) is 3.88. The van der Waals surface area contributed by atoms with E-state index in [-0.39, 0.29) is 11.9 Å². The van der Waals surface area contributed by atoms with Gasteiger partial charge in [0.2, 0.25) is 0 Å². The molecule has 2 nitrogen and oxygen atoms in total. The topological polar surface area (TPSA) is 26.3 Å². The van der Waals surface area contributed by atoms with E-state index in [1.807, 2.05) is 38.1 Å². The summed E-state index contributed by atoms with van der Waals surface area (Å²) in [7, 11) is 0. The zero-order valence-electron chi connectivity index (χ0n) is 11.2. The number of carbonyl (C=O) groups excluding carboxylic acids is 1. The van der Waals surface area contributed by atoms with Crippen molar-refractivity contribution in [3.8, 4) is 5.75 Å². The number of benzene rings is 2. The van der Waals surface area contributed by atoms with Gasteiger partial charge in [-0.3, -0.25) is 4.79 Å². The van der Waals surface area contributed by atoms with E-state index in [9.17, 15) is 4.79 Å².